The van der Waals surface area contributed by atoms with Crippen LogP contribution in [-0.4, -0.2) is 25.9 Å². The molecular formula is C14H20FNO2. The van der Waals surface area contributed by atoms with Crippen LogP contribution >= 0.6 is 0 Å². The smallest absolute Gasteiger partial charge is 0.146 e. The minimum absolute atomic E-state index is 0.240. The van der Waals surface area contributed by atoms with E-state index in [2.05, 4.69) is 12.2 Å². The zero-order valence-corrected chi connectivity index (χ0v) is 10.9. The highest BCUT2D eigenvalue weighted by molar-refractivity contribution is 5.50. The van der Waals surface area contributed by atoms with Crippen molar-refractivity contribution in [3.63, 3.8) is 0 Å². The predicted octanol–water partition coefficient (Wildman–Crippen LogP) is 3.20. The van der Waals surface area contributed by atoms with Gasteiger partial charge in [-0.3, -0.25) is 0 Å². The molecule has 0 aliphatic carbocycles. The van der Waals surface area contributed by atoms with E-state index in [1.54, 1.807) is 19.2 Å². The number of benzene rings is 1. The number of anilines is 1. The highest BCUT2D eigenvalue weighted by Crippen LogP contribution is 2.25. The van der Waals surface area contributed by atoms with Gasteiger partial charge in [-0.05, 0) is 31.4 Å². The van der Waals surface area contributed by atoms with Gasteiger partial charge in [0.2, 0.25) is 0 Å². The fourth-order valence-corrected chi connectivity index (χ4v) is 2.26. The fraction of sp³-hybridized carbons (Fsp3) is 0.571. The zero-order chi connectivity index (χ0) is 13.0. The summed E-state index contributed by atoms with van der Waals surface area (Å²) in [5.41, 5.74) is 0.510. The van der Waals surface area contributed by atoms with Crippen molar-refractivity contribution < 1.29 is 13.9 Å². The van der Waals surface area contributed by atoms with Crippen LogP contribution in [0.1, 0.15) is 26.2 Å². The number of halogens is 1. The minimum Gasteiger partial charge on any atom is -0.497 e. The maximum absolute atomic E-state index is 13.7. The van der Waals surface area contributed by atoms with Crippen LogP contribution < -0.4 is 10.1 Å². The van der Waals surface area contributed by atoms with Crippen molar-refractivity contribution in [1.82, 2.24) is 0 Å². The fourth-order valence-electron chi connectivity index (χ4n) is 2.26. The van der Waals surface area contributed by atoms with Crippen LogP contribution in [0.25, 0.3) is 0 Å². The maximum atomic E-state index is 13.7. The second kappa shape index (κ2) is 6.05. The first-order valence-electron chi connectivity index (χ1n) is 6.44. The summed E-state index contributed by atoms with van der Waals surface area (Å²) in [5, 5.41) is 3.25. The molecule has 1 heterocycles. The summed E-state index contributed by atoms with van der Waals surface area (Å²) in [6.45, 7) is 2.85. The van der Waals surface area contributed by atoms with E-state index in [1.807, 2.05) is 0 Å². The van der Waals surface area contributed by atoms with E-state index < -0.39 is 0 Å². The summed E-state index contributed by atoms with van der Waals surface area (Å²) >= 11 is 0. The summed E-state index contributed by atoms with van der Waals surface area (Å²) in [6, 6.07) is 5.02. The molecular weight excluding hydrogens is 233 g/mol. The Bertz CT molecular complexity index is 397. The largest absolute Gasteiger partial charge is 0.497 e. The standard InChI is InChI=1S/C14H20FNO2/c1-3-11-8-10(6-7-18-11)16-14-9-12(17-2)4-5-13(14)15/h4-5,9-11,16H,3,6-8H2,1-2H3. The molecule has 18 heavy (non-hydrogen) atoms. The van der Waals surface area contributed by atoms with Gasteiger partial charge in [-0.1, -0.05) is 6.92 Å². The third kappa shape index (κ3) is 3.13. The van der Waals surface area contributed by atoms with Gasteiger partial charge >= 0.3 is 0 Å². The Kier molecular flexibility index (Phi) is 4.42. The van der Waals surface area contributed by atoms with Crippen molar-refractivity contribution in [3.05, 3.63) is 24.0 Å². The molecule has 1 saturated heterocycles. The second-order valence-corrected chi connectivity index (χ2v) is 4.61. The summed E-state index contributed by atoms with van der Waals surface area (Å²) in [5.74, 6) is 0.424. The van der Waals surface area contributed by atoms with E-state index in [9.17, 15) is 4.39 Å². The van der Waals surface area contributed by atoms with Crippen LogP contribution in [0.5, 0.6) is 5.75 Å². The number of nitrogens with one attached hydrogen (secondary N) is 1. The monoisotopic (exact) mass is 253 g/mol. The average molecular weight is 253 g/mol. The molecule has 2 rings (SSSR count). The van der Waals surface area contributed by atoms with Crippen molar-refractivity contribution in [2.45, 2.75) is 38.3 Å². The number of ether oxygens (including phenoxy) is 2. The molecule has 2 atom stereocenters. The van der Waals surface area contributed by atoms with Gasteiger partial charge in [-0.2, -0.15) is 0 Å². The number of methoxy groups -OCH3 is 1. The Balaban J connectivity index is 2.04. The van der Waals surface area contributed by atoms with Crippen molar-refractivity contribution in [2.75, 3.05) is 19.0 Å². The van der Waals surface area contributed by atoms with Crippen LogP contribution in [0.2, 0.25) is 0 Å². The van der Waals surface area contributed by atoms with Crippen molar-refractivity contribution in [2.24, 2.45) is 0 Å². The van der Waals surface area contributed by atoms with E-state index >= 15 is 0 Å². The molecule has 100 valence electrons. The quantitative estimate of drug-likeness (QED) is 0.893. The molecule has 0 bridgehead atoms. The lowest BCUT2D eigenvalue weighted by Gasteiger charge is -2.30. The Labute approximate surface area is 107 Å². The molecule has 0 radical (unpaired) electrons. The SMILES string of the molecule is CCC1CC(Nc2cc(OC)ccc2F)CCO1. The molecule has 3 nitrogen and oxygen atoms in total. The van der Waals surface area contributed by atoms with Crippen molar-refractivity contribution in [3.8, 4) is 5.75 Å². The molecule has 1 N–H and O–H groups in total. The molecule has 1 aliphatic rings. The molecule has 0 amide bonds. The summed E-state index contributed by atoms with van der Waals surface area (Å²) in [4.78, 5) is 0. The molecule has 4 heteroatoms. The third-order valence-electron chi connectivity index (χ3n) is 3.36. The van der Waals surface area contributed by atoms with Crippen LogP contribution in [-0.2, 0) is 4.74 Å². The van der Waals surface area contributed by atoms with Gasteiger partial charge in [0.25, 0.3) is 0 Å². The molecule has 1 aliphatic heterocycles. The van der Waals surface area contributed by atoms with Gasteiger partial charge in [0, 0.05) is 18.7 Å². The van der Waals surface area contributed by atoms with Gasteiger partial charge in [-0.25, -0.2) is 4.39 Å². The van der Waals surface area contributed by atoms with E-state index in [4.69, 9.17) is 9.47 Å². The molecule has 0 spiro atoms. The summed E-state index contributed by atoms with van der Waals surface area (Å²) < 4.78 is 24.4. The lowest BCUT2D eigenvalue weighted by atomic mass is 10.0. The van der Waals surface area contributed by atoms with Crippen LogP contribution in [0.15, 0.2) is 18.2 Å². The number of hydrogen-bond donors (Lipinski definition) is 1. The van der Waals surface area contributed by atoms with Gasteiger partial charge < -0.3 is 14.8 Å². The second-order valence-electron chi connectivity index (χ2n) is 4.61. The van der Waals surface area contributed by atoms with E-state index in [0.717, 1.165) is 25.9 Å². The Hall–Kier alpha value is -1.29. The maximum Gasteiger partial charge on any atom is 0.146 e. The Morgan fingerprint density at radius 2 is 2.33 bits per heavy atom. The number of hydrogen-bond acceptors (Lipinski definition) is 3. The molecule has 0 aromatic heterocycles. The molecule has 1 fully saturated rings. The Morgan fingerprint density at radius 1 is 1.50 bits per heavy atom. The van der Waals surface area contributed by atoms with Crippen molar-refractivity contribution >= 4 is 5.69 Å². The number of rotatable bonds is 4. The molecule has 2 unspecified atom stereocenters. The highest BCUT2D eigenvalue weighted by atomic mass is 19.1. The minimum atomic E-state index is -0.240. The lowest BCUT2D eigenvalue weighted by Crippen LogP contribution is -2.33. The van der Waals surface area contributed by atoms with Gasteiger partial charge in [0.05, 0.1) is 18.9 Å². The zero-order valence-electron chi connectivity index (χ0n) is 10.9. The Morgan fingerprint density at radius 3 is 3.06 bits per heavy atom. The van der Waals surface area contributed by atoms with Gasteiger partial charge in [-0.15, -0.1) is 0 Å². The molecule has 1 aromatic carbocycles. The van der Waals surface area contributed by atoms with E-state index in [1.165, 1.54) is 6.07 Å². The van der Waals surface area contributed by atoms with Crippen LogP contribution in [0.4, 0.5) is 10.1 Å². The van der Waals surface area contributed by atoms with Crippen LogP contribution in [0.3, 0.4) is 0 Å². The molecule has 0 saturated carbocycles. The first kappa shape index (κ1) is 13.1. The summed E-state index contributed by atoms with van der Waals surface area (Å²) in [7, 11) is 1.58. The highest BCUT2D eigenvalue weighted by Gasteiger charge is 2.21. The van der Waals surface area contributed by atoms with Gasteiger partial charge in [0.15, 0.2) is 0 Å². The van der Waals surface area contributed by atoms with Gasteiger partial charge in [0.1, 0.15) is 11.6 Å². The third-order valence-corrected chi connectivity index (χ3v) is 3.36. The van der Waals surface area contributed by atoms with Crippen LogP contribution in [0, 0.1) is 5.82 Å². The molecule has 1 aromatic rings. The van der Waals surface area contributed by atoms with E-state index in [-0.39, 0.29) is 18.0 Å². The summed E-state index contributed by atoms with van der Waals surface area (Å²) in [6.07, 6.45) is 3.11. The normalized spacial score (nSPS) is 23.7. The first-order chi connectivity index (χ1) is 8.72. The predicted molar refractivity (Wildman–Crippen MR) is 69.6 cm³/mol. The lowest BCUT2D eigenvalue weighted by molar-refractivity contribution is 0.00921. The first-order valence-corrected chi connectivity index (χ1v) is 6.44. The van der Waals surface area contributed by atoms with Crippen molar-refractivity contribution in [1.29, 1.82) is 0 Å². The van der Waals surface area contributed by atoms with E-state index in [0.29, 0.717) is 11.4 Å². The topological polar surface area (TPSA) is 30.5 Å². The average Bonchev–Trinajstić information content (AvgIpc) is 2.41.